The molecule has 0 saturated heterocycles. The number of carbonyl (C=O) groups is 1. The highest BCUT2D eigenvalue weighted by atomic mass is 16.4. The van der Waals surface area contributed by atoms with Crippen LogP contribution >= 0.6 is 0 Å². The Hall–Kier alpha value is -1.09. The number of allylic oxidation sites excluding steroid dienone is 3. The van der Waals surface area contributed by atoms with E-state index < -0.39 is 5.97 Å². The molecular weight excluding hydrogens is 408 g/mol. The Morgan fingerprint density at radius 2 is 1.73 bits per heavy atom. The molecule has 2 N–H and O–H groups in total. The molecule has 0 heterocycles. The molecular formula is C30H48O3. The van der Waals surface area contributed by atoms with Gasteiger partial charge in [-0.15, -0.1) is 0 Å². The van der Waals surface area contributed by atoms with Crippen LogP contribution in [0.15, 0.2) is 22.8 Å². The molecule has 2 saturated carbocycles. The van der Waals surface area contributed by atoms with Crippen molar-refractivity contribution >= 4 is 5.97 Å². The van der Waals surface area contributed by atoms with Gasteiger partial charge in [0.2, 0.25) is 0 Å². The van der Waals surface area contributed by atoms with Gasteiger partial charge in [0.1, 0.15) is 0 Å². The molecule has 7 atom stereocenters. The van der Waals surface area contributed by atoms with Crippen molar-refractivity contribution in [1.29, 1.82) is 0 Å². The Bertz CT molecular complexity index is 866. The molecule has 2 unspecified atom stereocenters. The zero-order chi connectivity index (χ0) is 24.4. The number of hydrogen-bond donors (Lipinski definition) is 2. The third kappa shape index (κ3) is 3.58. The van der Waals surface area contributed by atoms with Crippen LogP contribution in [0.4, 0.5) is 0 Å². The van der Waals surface area contributed by atoms with E-state index in [4.69, 9.17) is 5.11 Å². The maximum atomic E-state index is 11.1. The molecule has 4 aliphatic carbocycles. The number of rotatable bonds is 5. The van der Waals surface area contributed by atoms with Gasteiger partial charge in [0.25, 0.3) is 0 Å². The summed E-state index contributed by atoms with van der Waals surface area (Å²) in [5, 5.41) is 20.0. The lowest BCUT2D eigenvalue weighted by molar-refractivity contribution is -0.132. The fourth-order valence-electron chi connectivity index (χ4n) is 9.48. The monoisotopic (exact) mass is 456 g/mol. The molecule has 186 valence electrons. The quantitative estimate of drug-likeness (QED) is 0.332. The lowest BCUT2D eigenvalue weighted by Crippen LogP contribution is -2.55. The summed E-state index contributed by atoms with van der Waals surface area (Å²) in [6.45, 7) is 16.5. The maximum Gasteiger partial charge on any atom is 0.330 e. The van der Waals surface area contributed by atoms with Gasteiger partial charge in [0.15, 0.2) is 0 Å². The van der Waals surface area contributed by atoms with Crippen molar-refractivity contribution in [2.45, 2.75) is 119 Å². The fourth-order valence-corrected chi connectivity index (χ4v) is 9.48. The van der Waals surface area contributed by atoms with Gasteiger partial charge in [-0.1, -0.05) is 58.8 Å². The van der Waals surface area contributed by atoms with Gasteiger partial charge in [-0.25, -0.2) is 4.79 Å². The number of hydrogen-bond acceptors (Lipinski definition) is 2. The van der Waals surface area contributed by atoms with Gasteiger partial charge in [-0.05, 0) is 111 Å². The molecule has 4 aliphatic rings. The molecule has 0 amide bonds. The molecule has 0 spiro atoms. The normalized spacial score (nSPS) is 43.5. The summed E-state index contributed by atoms with van der Waals surface area (Å²) in [6, 6.07) is 0. The predicted molar refractivity (Wildman–Crippen MR) is 135 cm³/mol. The van der Waals surface area contributed by atoms with Gasteiger partial charge in [0.05, 0.1) is 6.10 Å². The lowest BCUT2D eigenvalue weighted by atomic mass is 9.43. The minimum atomic E-state index is -0.794. The summed E-state index contributed by atoms with van der Waals surface area (Å²) >= 11 is 0. The first-order valence-electron chi connectivity index (χ1n) is 13.6. The third-order valence-corrected chi connectivity index (χ3v) is 11.9. The van der Waals surface area contributed by atoms with E-state index in [0.29, 0.717) is 34.2 Å². The van der Waals surface area contributed by atoms with Crippen LogP contribution in [0.3, 0.4) is 0 Å². The van der Waals surface area contributed by atoms with Crippen molar-refractivity contribution in [2.75, 3.05) is 0 Å². The van der Waals surface area contributed by atoms with Crippen molar-refractivity contribution < 1.29 is 15.0 Å². The van der Waals surface area contributed by atoms with Crippen molar-refractivity contribution in [3.63, 3.8) is 0 Å². The highest BCUT2D eigenvalue weighted by molar-refractivity contribution is 5.85. The summed E-state index contributed by atoms with van der Waals surface area (Å²) in [7, 11) is 0. The summed E-state index contributed by atoms with van der Waals surface area (Å²) in [4.78, 5) is 11.1. The molecule has 2 fully saturated rings. The van der Waals surface area contributed by atoms with Gasteiger partial charge in [-0.3, -0.25) is 0 Å². The smallest absolute Gasteiger partial charge is 0.330 e. The topological polar surface area (TPSA) is 57.5 Å². The second-order valence-corrected chi connectivity index (χ2v) is 13.5. The summed E-state index contributed by atoms with van der Waals surface area (Å²) in [5.74, 6) is 1.12. The molecule has 0 bridgehead atoms. The number of aliphatic hydroxyl groups is 1. The van der Waals surface area contributed by atoms with E-state index in [1.807, 2.05) is 6.08 Å². The Morgan fingerprint density at radius 1 is 1.03 bits per heavy atom. The molecule has 0 aromatic heterocycles. The molecule has 4 rings (SSSR count). The van der Waals surface area contributed by atoms with E-state index in [0.717, 1.165) is 25.7 Å². The van der Waals surface area contributed by atoms with Crippen molar-refractivity contribution in [3.05, 3.63) is 22.8 Å². The Morgan fingerprint density at radius 3 is 2.39 bits per heavy atom. The van der Waals surface area contributed by atoms with Crippen molar-refractivity contribution in [3.8, 4) is 0 Å². The molecule has 0 aromatic carbocycles. The second-order valence-electron chi connectivity index (χ2n) is 13.5. The lowest BCUT2D eigenvalue weighted by Gasteiger charge is -2.62. The van der Waals surface area contributed by atoms with Crippen LogP contribution in [0.1, 0.15) is 113 Å². The van der Waals surface area contributed by atoms with E-state index in [-0.39, 0.29) is 16.9 Å². The molecule has 0 radical (unpaired) electrons. The Balaban J connectivity index is 1.60. The largest absolute Gasteiger partial charge is 0.478 e. The SMILES string of the molecule is C/C(=C/CC[C@H](C)[C@@H]1CC[C@]2(C)C3=C(CC[C@@]12C)[C@@]1(C)CCC(O)C(C)(C)C1CC3)C(=O)O. The molecule has 3 heteroatoms. The van der Waals surface area contributed by atoms with E-state index in [1.54, 1.807) is 18.1 Å². The predicted octanol–water partition coefficient (Wildman–Crippen LogP) is 7.54. The van der Waals surface area contributed by atoms with Crippen molar-refractivity contribution in [1.82, 2.24) is 0 Å². The molecule has 0 aromatic rings. The molecule has 3 nitrogen and oxygen atoms in total. The van der Waals surface area contributed by atoms with E-state index >= 15 is 0 Å². The average molecular weight is 457 g/mol. The number of fused-ring (bicyclic) bond motifs is 4. The number of aliphatic carboxylic acids is 1. The summed E-state index contributed by atoms with van der Waals surface area (Å²) < 4.78 is 0. The minimum Gasteiger partial charge on any atom is -0.478 e. The van der Waals surface area contributed by atoms with Crippen LogP contribution in [0.5, 0.6) is 0 Å². The van der Waals surface area contributed by atoms with Crippen LogP contribution in [0, 0.1) is 39.4 Å². The summed E-state index contributed by atoms with van der Waals surface area (Å²) in [6.07, 6.45) is 13.3. The first-order chi connectivity index (χ1) is 15.3. The highest BCUT2D eigenvalue weighted by Crippen LogP contribution is 2.72. The minimum absolute atomic E-state index is 0.00150. The second kappa shape index (κ2) is 8.25. The zero-order valence-corrected chi connectivity index (χ0v) is 22.3. The number of aliphatic hydroxyl groups excluding tert-OH is 1. The van der Waals surface area contributed by atoms with E-state index in [1.165, 1.54) is 38.5 Å². The van der Waals surface area contributed by atoms with Gasteiger partial charge in [-0.2, -0.15) is 0 Å². The van der Waals surface area contributed by atoms with Crippen LogP contribution in [-0.2, 0) is 4.79 Å². The first kappa shape index (κ1) is 25.0. The Kier molecular flexibility index (Phi) is 6.25. The molecule has 0 aliphatic heterocycles. The van der Waals surface area contributed by atoms with Crippen LogP contribution in [0.25, 0.3) is 0 Å². The van der Waals surface area contributed by atoms with Crippen LogP contribution in [-0.4, -0.2) is 22.3 Å². The first-order valence-corrected chi connectivity index (χ1v) is 13.6. The zero-order valence-electron chi connectivity index (χ0n) is 22.3. The number of carboxylic acid groups (broad SMARTS) is 1. The van der Waals surface area contributed by atoms with Gasteiger partial charge < -0.3 is 10.2 Å². The van der Waals surface area contributed by atoms with E-state index in [9.17, 15) is 9.90 Å². The van der Waals surface area contributed by atoms with Gasteiger partial charge in [0, 0.05) is 5.57 Å². The maximum absolute atomic E-state index is 11.1. The van der Waals surface area contributed by atoms with Gasteiger partial charge >= 0.3 is 5.97 Å². The van der Waals surface area contributed by atoms with E-state index in [2.05, 4.69) is 41.5 Å². The van der Waals surface area contributed by atoms with Crippen LogP contribution < -0.4 is 0 Å². The highest BCUT2D eigenvalue weighted by Gasteiger charge is 2.63. The van der Waals surface area contributed by atoms with Crippen LogP contribution in [0.2, 0.25) is 0 Å². The standard InChI is InChI=1S/C30H48O3/c1-19(9-8-10-20(2)26(32)33)21-13-17-30(7)23-11-12-24-27(3,4)25(31)15-16-28(24,5)22(23)14-18-29(21,30)6/h10,19,21,24-25,31H,8-9,11-18H2,1-7H3,(H,32,33)/b20-10-/t19-,21-,24?,25?,28+,29-,30+/m0/s1. The molecule has 33 heavy (non-hydrogen) atoms. The number of carboxylic acids is 1. The Labute approximate surface area is 202 Å². The average Bonchev–Trinajstić information content (AvgIpc) is 3.02. The summed E-state index contributed by atoms with van der Waals surface area (Å²) in [5.41, 5.74) is 4.95. The van der Waals surface area contributed by atoms with Crippen molar-refractivity contribution in [2.24, 2.45) is 39.4 Å². The third-order valence-electron chi connectivity index (χ3n) is 11.9. The fraction of sp³-hybridized carbons (Fsp3) is 0.833.